The van der Waals surface area contributed by atoms with Gasteiger partial charge < -0.3 is 0 Å². The topological polar surface area (TPSA) is 92.7 Å². The maximum Gasteiger partial charge on any atom is 0.244 e. The number of sulfonamides is 1. The Bertz CT molecular complexity index is 1130. The Morgan fingerprint density at radius 3 is 2.75 bits per heavy atom. The summed E-state index contributed by atoms with van der Waals surface area (Å²) in [5.74, 6) is -1.39. The molecule has 1 aliphatic carbocycles. The number of nitrogens with one attached hydrogen (secondary N) is 2. The fraction of sp³-hybridized carbons (Fsp3) is 0.333. The maximum absolute atomic E-state index is 14.2. The van der Waals surface area contributed by atoms with Gasteiger partial charge >= 0.3 is 0 Å². The van der Waals surface area contributed by atoms with Crippen molar-refractivity contribution in [3.05, 3.63) is 58.7 Å². The van der Waals surface area contributed by atoms with Crippen LogP contribution in [0, 0.1) is 25.5 Å². The molecule has 0 radical (unpaired) electrons. The highest BCUT2D eigenvalue weighted by atomic mass is 32.2. The molecule has 3 aromatic rings. The van der Waals surface area contributed by atoms with E-state index in [0.717, 1.165) is 6.07 Å². The van der Waals surface area contributed by atoms with Crippen LogP contribution in [0.1, 0.15) is 41.5 Å². The zero-order valence-electron chi connectivity index (χ0n) is 15.3. The molecular weight excluding hydrogens is 388 g/mol. The summed E-state index contributed by atoms with van der Waals surface area (Å²) >= 11 is 0. The van der Waals surface area contributed by atoms with E-state index in [1.807, 2.05) is 0 Å². The minimum absolute atomic E-state index is 0.132. The fourth-order valence-electron chi connectivity index (χ4n) is 3.72. The monoisotopic (exact) mass is 407 g/mol. The predicted molar refractivity (Wildman–Crippen MR) is 97.5 cm³/mol. The first kappa shape index (κ1) is 18.8. The molecule has 148 valence electrons. The molecule has 0 fully saturated rings. The Morgan fingerprint density at radius 2 is 2.07 bits per heavy atom. The molecule has 28 heavy (non-hydrogen) atoms. The smallest absolute Gasteiger partial charge is 0.244 e. The summed E-state index contributed by atoms with van der Waals surface area (Å²) < 4.78 is 57.3. The van der Waals surface area contributed by atoms with E-state index in [2.05, 4.69) is 20.0 Å². The van der Waals surface area contributed by atoms with Gasteiger partial charge in [-0.15, -0.1) is 0 Å². The van der Waals surface area contributed by atoms with Crippen molar-refractivity contribution in [3.8, 4) is 5.69 Å². The van der Waals surface area contributed by atoms with Crippen molar-refractivity contribution < 1.29 is 17.2 Å². The van der Waals surface area contributed by atoms with Gasteiger partial charge in [0.05, 0.1) is 23.6 Å². The average molecular weight is 407 g/mol. The van der Waals surface area contributed by atoms with E-state index < -0.39 is 27.7 Å². The van der Waals surface area contributed by atoms with E-state index in [1.54, 1.807) is 20.0 Å². The first-order valence-electron chi connectivity index (χ1n) is 8.84. The summed E-state index contributed by atoms with van der Waals surface area (Å²) in [5.41, 5.74) is 2.39. The van der Waals surface area contributed by atoms with Gasteiger partial charge in [0.2, 0.25) is 10.0 Å². The molecule has 0 bridgehead atoms. The number of rotatable bonds is 4. The summed E-state index contributed by atoms with van der Waals surface area (Å²) in [7, 11) is -3.79. The SMILES string of the molecule is Cc1n[nH]c(C)c1S(=O)(=O)NC1CCCc2c1cnn2-c1ccc(F)cc1F. The van der Waals surface area contributed by atoms with Crippen LogP contribution in [0.25, 0.3) is 5.69 Å². The van der Waals surface area contributed by atoms with E-state index >= 15 is 0 Å². The number of nitrogens with zero attached hydrogens (tertiary/aromatic N) is 3. The van der Waals surface area contributed by atoms with Crippen LogP contribution >= 0.6 is 0 Å². The number of aryl methyl sites for hydroxylation is 2. The third-order valence-electron chi connectivity index (χ3n) is 4.95. The second-order valence-corrected chi connectivity index (χ2v) is 8.53. The highest BCUT2D eigenvalue weighted by Gasteiger charge is 2.31. The van der Waals surface area contributed by atoms with Crippen molar-refractivity contribution in [3.63, 3.8) is 0 Å². The van der Waals surface area contributed by atoms with Crippen LogP contribution in [-0.4, -0.2) is 28.4 Å². The van der Waals surface area contributed by atoms with Gasteiger partial charge in [-0.05, 0) is 45.2 Å². The molecule has 1 unspecified atom stereocenters. The normalized spacial score (nSPS) is 16.9. The minimum Gasteiger partial charge on any atom is -0.281 e. The highest BCUT2D eigenvalue weighted by Crippen LogP contribution is 2.33. The van der Waals surface area contributed by atoms with Crippen LogP contribution in [0.2, 0.25) is 0 Å². The second kappa shape index (κ2) is 6.78. The standard InChI is InChI=1S/C18H19F2N5O2S/c1-10-18(11(2)23-22-10)28(26,27)24-15-4-3-5-16-13(15)9-21-25(16)17-7-6-12(19)8-14(17)20/h6-9,15,24H,3-5H2,1-2H3,(H,22,23). The molecule has 0 amide bonds. The van der Waals surface area contributed by atoms with Crippen LogP contribution in [0.5, 0.6) is 0 Å². The molecule has 10 heteroatoms. The van der Waals surface area contributed by atoms with Gasteiger partial charge in [-0.2, -0.15) is 10.2 Å². The molecule has 2 heterocycles. The van der Waals surface area contributed by atoms with Crippen molar-refractivity contribution in [1.82, 2.24) is 24.7 Å². The van der Waals surface area contributed by atoms with Crippen molar-refractivity contribution in [2.75, 3.05) is 0 Å². The van der Waals surface area contributed by atoms with Crippen molar-refractivity contribution >= 4 is 10.0 Å². The molecular formula is C18H19F2N5O2S. The predicted octanol–water partition coefficient (Wildman–Crippen LogP) is 2.85. The second-order valence-electron chi connectivity index (χ2n) is 6.88. The Balaban J connectivity index is 1.70. The summed E-state index contributed by atoms with van der Waals surface area (Å²) in [5, 5.41) is 10.9. The van der Waals surface area contributed by atoms with Crippen LogP contribution in [0.3, 0.4) is 0 Å². The summed E-state index contributed by atoms with van der Waals surface area (Å²) in [6.07, 6.45) is 3.46. The maximum atomic E-state index is 14.2. The van der Waals surface area contributed by atoms with Gasteiger partial charge in [-0.3, -0.25) is 5.10 Å². The van der Waals surface area contributed by atoms with E-state index in [-0.39, 0.29) is 10.6 Å². The molecule has 1 atom stereocenters. The lowest BCUT2D eigenvalue weighted by molar-refractivity contribution is 0.499. The first-order chi connectivity index (χ1) is 13.3. The van der Waals surface area contributed by atoms with Crippen LogP contribution in [-0.2, 0) is 16.4 Å². The number of aromatic amines is 1. The number of hydrogen-bond acceptors (Lipinski definition) is 4. The molecule has 0 spiro atoms. The number of fused-ring (bicyclic) bond motifs is 1. The fourth-order valence-corrected chi connectivity index (χ4v) is 5.34. The minimum atomic E-state index is -3.79. The zero-order chi connectivity index (χ0) is 20.1. The van der Waals surface area contributed by atoms with E-state index in [9.17, 15) is 17.2 Å². The Kier molecular flexibility index (Phi) is 4.54. The van der Waals surface area contributed by atoms with Gasteiger partial charge in [-0.25, -0.2) is 26.6 Å². The zero-order valence-corrected chi connectivity index (χ0v) is 16.1. The quantitative estimate of drug-likeness (QED) is 0.696. The van der Waals surface area contributed by atoms with Crippen molar-refractivity contribution in [2.24, 2.45) is 0 Å². The molecule has 0 saturated carbocycles. The molecule has 0 saturated heterocycles. The summed E-state index contributed by atoms with van der Waals surface area (Å²) in [4.78, 5) is 0.136. The van der Waals surface area contributed by atoms with Crippen molar-refractivity contribution in [2.45, 2.75) is 44.0 Å². The Hall–Kier alpha value is -2.59. The first-order valence-corrected chi connectivity index (χ1v) is 10.3. The highest BCUT2D eigenvalue weighted by molar-refractivity contribution is 7.89. The van der Waals surface area contributed by atoms with Crippen LogP contribution in [0.15, 0.2) is 29.3 Å². The number of benzene rings is 1. The number of H-pyrrole nitrogens is 1. The molecule has 2 N–H and O–H groups in total. The van der Waals surface area contributed by atoms with E-state index in [0.29, 0.717) is 41.9 Å². The molecule has 2 aromatic heterocycles. The summed E-state index contributed by atoms with van der Waals surface area (Å²) in [6.45, 7) is 3.27. The molecule has 1 aromatic carbocycles. The molecule has 7 nitrogen and oxygen atoms in total. The number of halogens is 2. The van der Waals surface area contributed by atoms with Gasteiger partial charge in [0.25, 0.3) is 0 Å². The van der Waals surface area contributed by atoms with Crippen molar-refractivity contribution in [1.29, 1.82) is 0 Å². The third-order valence-corrected chi connectivity index (χ3v) is 6.68. The van der Waals surface area contributed by atoms with Gasteiger partial charge in [-0.1, -0.05) is 0 Å². The van der Waals surface area contributed by atoms with Gasteiger partial charge in [0, 0.05) is 17.3 Å². The van der Waals surface area contributed by atoms with Crippen LogP contribution < -0.4 is 4.72 Å². The lowest BCUT2D eigenvalue weighted by atomic mass is 9.94. The van der Waals surface area contributed by atoms with Gasteiger partial charge in [0.15, 0.2) is 5.82 Å². The Labute approximate surface area is 160 Å². The van der Waals surface area contributed by atoms with Crippen LogP contribution in [0.4, 0.5) is 8.78 Å². The lowest BCUT2D eigenvalue weighted by Crippen LogP contribution is -2.31. The van der Waals surface area contributed by atoms with E-state index in [4.69, 9.17) is 0 Å². The number of hydrogen-bond donors (Lipinski definition) is 2. The van der Waals surface area contributed by atoms with Gasteiger partial charge in [0.1, 0.15) is 16.4 Å². The average Bonchev–Trinajstić information content (AvgIpc) is 3.19. The summed E-state index contributed by atoms with van der Waals surface area (Å²) in [6, 6.07) is 2.81. The molecule has 0 aliphatic heterocycles. The molecule has 4 rings (SSSR count). The molecule has 1 aliphatic rings. The van der Waals surface area contributed by atoms with E-state index in [1.165, 1.54) is 16.8 Å². The lowest BCUT2D eigenvalue weighted by Gasteiger charge is -2.24. The Morgan fingerprint density at radius 1 is 1.29 bits per heavy atom. The third kappa shape index (κ3) is 3.12. The largest absolute Gasteiger partial charge is 0.281 e. The number of aromatic nitrogens is 4.